The molecule has 0 aliphatic rings. The summed E-state index contributed by atoms with van der Waals surface area (Å²) in [6, 6.07) is 0. The molecule has 10 heavy (non-hydrogen) atoms. The Hall–Kier alpha value is -0.521. The fraction of sp³-hybridized carbons (Fsp3) is 0.667. The number of rotatable bonds is 3. The fourth-order valence-corrected chi connectivity index (χ4v) is 1.06. The number of carbonyl (C=O) groups is 1. The molecule has 0 fully saturated rings. The van der Waals surface area contributed by atoms with Crippen LogP contribution >= 0.6 is 0 Å². The molecule has 0 unspecified atom stereocenters. The van der Waals surface area contributed by atoms with Gasteiger partial charge in [0.15, 0.2) is 0 Å². The van der Waals surface area contributed by atoms with Crippen molar-refractivity contribution in [2.75, 3.05) is 6.61 Å². The van der Waals surface area contributed by atoms with Crippen molar-refractivity contribution in [1.29, 1.82) is 5.26 Å². The van der Waals surface area contributed by atoms with Gasteiger partial charge in [0.2, 0.25) is 0 Å². The van der Waals surface area contributed by atoms with E-state index in [2.05, 4.69) is 4.74 Å². The molecule has 0 aliphatic heterocycles. The molecule has 56 valence electrons. The zero-order valence-corrected chi connectivity index (χ0v) is 7.67. The minimum absolute atomic E-state index is 0.225. The van der Waals surface area contributed by atoms with E-state index in [0.29, 0.717) is 6.61 Å². The van der Waals surface area contributed by atoms with Gasteiger partial charge in [0.25, 0.3) is 0 Å². The Morgan fingerprint density at radius 1 is 1.90 bits per heavy atom. The molecule has 0 bridgehead atoms. The predicted molar refractivity (Wildman–Crippen MR) is 37.4 cm³/mol. The summed E-state index contributed by atoms with van der Waals surface area (Å²) in [5.41, 5.74) is 0. The average molecular weight is 206 g/mol. The number of ether oxygens (including phenoxy) is 1. The molecule has 3 nitrogen and oxygen atoms in total. The van der Waals surface area contributed by atoms with Crippen molar-refractivity contribution in [2.45, 2.75) is 18.7 Å². The maximum atomic E-state index is 10.8. The average Bonchev–Trinajstić information content (AvgIpc) is 1.89. The second kappa shape index (κ2) is 5.28. The van der Waals surface area contributed by atoms with E-state index in [9.17, 15) is 4.79 Å². The van der Waals surface area contributed by atoms with Crippen LogP contribution in [0.25, 0.3) is 0 Å². The summed E-state index contributed by atoms with van der Waals surface area (Å²) in [6.45, 7) is 3.86. The Bertz CT molecular complexity index is 152. The first-order valence-corrected chi connectivity index (χ1v) is 4.78. The van der Waals surface area contributed by atoms with Gasteiger partial charge in [0.05, 0.1) is 0 Å². The van der Waals surface area contributed by atoms with Gasteiger partial charge in [-0.1, -0.05) is 0 Å². The van der Waals surface area contributed by atoms with Crippen molar-refractivity contribution >= 4 is 20.9 Å². The molecule has 0 aliphatic carbocycles. The van der Waals surface area contributed by atoms with E-state index >= 15 is 0 Å². The molecule has 0 rings (SSSR count). The Morgan fingerprint density at radius 3 is 2.90 bits per heavy atom. The zero-order valence-electron chi connectivity index (χ0n) is 5.96. The van der Waals surface area contributed by atoms with Gasteiger partial charge in [-0.25, -0.2) is 0 Å². The molecule has 0 aromatic rings. The van der Waals surface area contributed by atoms with Gasteiger partial charge in [-0.05, 0) is 0 Å². The molecule has 0 amide bonds. The summed E-state index contributed by atoms with van der Waals surface area (Å²) in [5, 5.41) is 8.22. The quantitative estimate of drug-likeness (QED) is 0.500. The number of hydrogen-bond donors (Lipinski definition) is 0. The van der Waals surface area contributed by atoms with E-state index in [4.69, 9.17) is 5.26 Å². The van der Waals surface area contributed by atoms with E-state index in [1.165, 1.54) is 0 Å². The van der Waals surface area contributed by atoms with Crippen LogP contribution in [0.2, 0.25) is 4.82 Å². The molecule has 0 saturated heterocycles. The van der Waals surface area contributed by atoms with Crippen LogP contribution in [0, 0.1) is 10.2 Å². The molecule has 0 aromatic heterocycles. The first-order chi connectivity index (χ1) is 4.72. The van der Waals surface area contributed by atoms with Crippen molar-refractivity contribution in [1.82, 2.24) is 0 Å². The third kappa shape index (κ3) is 3.49. The number of carbonyl (C=O) groups excluding carboxylic acids is 1. The molecule has 1 atom stereocenters. The van der Waals surface area contributed by atoms with E-state index in [1.807, 2.05) is 4.97 Å². The van der Waals surface area contributed by atoms with Crippen LogP contribution in [0.1, 0.15) is 13.8 Å². The van der Waals surface area contributed by atoms with Crippen LogP contribution < -0.4 is 0 Å². The maximum absolute atomic E-state index is 10.8. The van der Waals surface area contributed by atoms with E-state index in [1.54, 1.807) is 13.8 Å². The number of hydrogen-bond acceptors (Lipinski definition) is 3. The van der Waals surface area contributed by atoms with Crippen LogP contribution in [0.5, 0.6) is 0 Å². The van der Waals surface area contributed by atoms with Gasteiger partial charge in [-0.15, -0.1) is 0 Å². The van der Waals surface area contributed by atoms with Gasteiger partial charge in [0, 0.05) is 0 Å². The van der Waals surface area contributed by atoms with Gasteiger partial charge >= 0.3 is 66.0 Å². The van der Waals surface area contributed by atoms with Crippen LogP contribution in [0.4, 0.5) is 0 Å². The van der Waals surface area contributed by atoms with Crippen LogP contribution in [0.15, 0.2) is 0 Å². The Kier molecular flexibility index (Phi) is 5.00. The summed E-state index contributed by atoms with van der Waals surface area (Å²) >= 11 is -0.272. The fourth-order valence-electron chi connectivity index (χ4n) is 0.387. The standard InChI is InChI=1S/C6H9NO2Se/c1-3-9-6(8)5(2)10-4-7/h5H,3H2,1-2H3/t5-/m0/s1. The molecular weight excluding hydrogens is 197 g/mol. The molecule has 0 radical (unpaired) electrons. The molecule has 4 heteroatoms. The first kappa shape index (κ1) is 9.48. The molecule has 0 aromatic carbocycles. The van der Waals surface area contributed by atoms with Crippen molar-refractivity contribution in [3.8, 4) is 4.97 Å². The van der Waals surface area contributed by atoms with Crippen molar-refractivity contribution in [3.63, 3.8) is 0 Å². The summed E-state index contributed by atoms with van der Waals surface area (Å²) in [6.07, 6.45) is 0. The number of nitrogens with zero attached hydrogens (tertiary/aromatic N) is 1. The summed E-state index contributed by atoms with van der Waals surface area (Å²) in [4.78, 5) is 12.5. The first-order valence-electron chi connectivity index (χ1n) is 2.93. The monoisotopic (exact) mass is 207 g/mol. The van der Waals surface area contributed by atoms with Crippen molar-refractivity contribution in [3.05, 3.63) is 0 Å². The van der Waals surface area contributed by atoms with Gasteiger partial charge in [-0.3, -0.25) is 0 Å². The molecule has 0 spiro atoms. The second-order valence-electron chi connectivity index (χ2n) is 1.60. The summed E-state index contributed by atoms with van der Waals surface area (Å²) in [5.74, 6) is -0.260. The third-order valence-electron chi connectivity index (χ3n) is 0.848. The molecular formula is C6H9NO2Se. The Labute approximate surface area is 66.5 Å². The zero-order chi connectivity index (χ0) is 7.98. The van der Waals surface area contributed by atoms with E-state index < -0.39 is 0 Å². The molecule has 0 N–H and O–H groups in total. The van der Waals surface area contributed by atoms with E-state index in [-0.39, 0.29) is 25.7 Å². The van der Waals surface area contributed by atoms with Gasteiger partial charge in [-0.2, -0.15) is 0 Å². The summed E-state index contributed by atoms with van der Waals surface area (Å²) < 4.78 is 4.68. The number of esters is 1. The minimum atomic E-state index is -0.272. The molecule has 0 saturated carbocycles. The van der Waals surface area contributed by atoms with Crippen LogP contribution in [0.3, 0.4) is 0 Å². The van der Waals surface area contributed by atoms with Crippen LogP contribution in [-0.2, 0) is 9.53 Å². The van der Waals surface area contributed by atoms with Gasteiger partial charge < -0.3 is 0 Å². The van der Waals surface area contributed by atoms with Crippen molar-refractivity contribution < 1.29 is 9.53 Å². The van der Waals surface area contributed by atoms with Crippen LogP contribution in [-0.4, -0.2) is 27.5 Å². The topological polar surface area (TPSA) is 50.1 Å². The normalized spacial score (nSPS) is 11.7. The molecule has 0 heterocycles. The second-order valence-corrected chi connectivity index (χ2v) is 3.96. The Balaban J connectivity index is 3.62. The van der Waals surface area contributed by atoms with Gasteiger partial charge in [0.1, 0.15) is 0 Å². The summed E-state index contributed by atoms with van der Waals surface area (Å²) in [7, 11) is 0. The Morgan fingerprint density at radius 2 is 2.50 bits per heavy atom. The predicted octanol–water partition coefficient (Wildman–Crippen LogP) is 0.543. The SMILES string of the molecule is CCOC(=O)[C@H](C)[Se]C#N. The third-order valence-corrected chi connectivity index (χ3v) is 2.21. The van der Waals surface area contributed by atoms with Crippen molar-refractivity contribution in [2.24, 2.45) is 0 Å². The van der Waals surface area contributed by atoms with E-state index in [0.717, 1.165) is 0 Å². The number of nitriles is 1.